The number of ether oxygens (including phenoxy) is 2. The van der Waals surface area contributed by atoms with E-state index >= 15 is 0 Å². The van der Waals surface area contributed by atoms with Crippen LogP contribution in [0, 0.1) is 0 Å². The maximum Gasteiger partial charge on any atom is 0.325 e. The van der Waals surface area contributed by atoms with E-state index in [4.69, 9.17) is 4.74 Å². The van der Waals surface area contributed by atoms with Crippen molar-refractivity contribution in [3.8, 4) is 5.75 Å². The highest BCUT2D eigenvalue weighted by Gasteiger charge is 2.26. The predicted molar refractivity (Wildman–Crippen MR) is 154 cm³/mol. The molecule has 3 aromatic carbocycles. The van der Waals surface area contributed by atoms with Gasteiger partial charge in [0.05, 0.1) is 19.2 Å². The average Bonchev–Trinajstić information content (AvgIpc) is 3.40. The van der Waals surface area contributed by atoms with E-state index in [1.807, 2.05) is 60.7 Å². The molecule has 0 saturated carbocycles. The van der Waals surface area contributed by atoms with Gasteiger partial charge in [0.15, 0.2) is 5.78 Å². The lowest BCUT2D eigenvalue weighted by atomic mass is 10.0. The van der Waals surface area contributed by atoms with Crippen LogP contribution >= 0.6 is 0 Å². The summed E-state index contributed by atoms with van der Waals surface area (Å²) >= 11 is 0. The van der Waals surface area contributed by atoms with Crippen molar-refractivity contribution in [2.24, 2.45) is 0 Å². The number of aromatic nitrogens is 1. The molecule has 0 fully saturated rings. The topological polar surface area (TPSA) is 101 Å². The second-order valence-corrected chi connectivity index (χ2v) is 10.6. The molecular weight excluding hydrogens is 506 g/mol. The van der Waals surface area contributed by atoms with Crippen LogP contribution in [0.1, 0.15) is 52.7 Å². The zero-order chi connectivity index (χ0) is 28.7. The third-order valence-electron chi connectivity index (χ3n) is 6.66. The second kappa shape index (κ2) is 12.6. The van der Waals surface area contributed by atoms with E-state index in [-0.39, 0.29) is 30.1 Å². The van der Waals surface area contributed by atoms with Crippen molar-refractivity contribution in [3.05, 3.63) is 101 Å². The van der Waals surface area contributed by atoms with Crippen molar-refractivity contribution in [2.75, 3.05) is 20.2 Å². The van der Waals surface area contributed by atoms with Gasteiger partial charge in [0, 0.05) is 23.0 Å². The summed E-state index contributed by atoms with van der Waals surface area (Å²) in [4.78, 5) is 43.4. The van der Waals surface area contributed by atoms with Crippen LogP contribution < -0.4 is 10.1 Å². The number of nitrogens with zero attached hydrogens (tertiary/aromatic N) is 1. The molecule has 40 heavy (non-hydrogen) atoms. The number of fused-ring (bicyclic) bond motifs is 1. The highest BCUT2D eigenvalue weighted by Crippen LogP contribution is 2.31. The van der Waals surface area contributed by atoms with Gasteiger partial charge in [0.25, 0.3) is 5.91 Å². The number of rotatable bonds is 11. The summed E-state index contributed by atoms with van der Waals surface area (Å²) < 4.78 is 10.7. The Labute approximate surface area is 234 Å². The lowest BCUT2D eigenvalue weighted by Gasteiger charge is -2.35. The number of ketones is 1. The van der Waals surface area contributed by atoms with Gasteiger partial charge in [-0.15, -0.1) is 0 Å². The van der Waals surface area contributed by atoms with Gasteiger partial charge in [-0.2, -0.15) is 0 Å². The highest BCUT2D eigenvalue weighted by atomic mass is 16.5. The van der Waals surface area contributed by atoms with Crippen LogP contribution in [0.3, 0.4) is 0 Å². The number of carbonyl (C=O) groups is 3. The van der Waals surface area contributed by atoms with Crippen LogP contribution in [-0.2, 0) is 22.7 Å². The first-order valence-corrected chi connectivity index (χ1v) is 13.2. The molecule has 1 aromatic heterocycles. The van der Waals surface area contributed by atoms with Crippen LogP contribution in [0.4, 0.5) is 0 Å². The van der Waals surface area contributed by atoms with Crippen molar-refractivity contribution in [2.45, 2.75) is 39.5 Å². The quantitative estimate of drug-likeness (QED) is 0.202. The Morgan fingerprint density at radius 3 is 2.17 bits per heavy atom. The number of benzene rings is 3. The third kappa shape index (κ3) is 7.15. The minimum Gasteiger partial charge on any atom is -0.487 e. The average molecular weight is 542 g/mol. The molecule has 0 unspecified atom stereocenters. The molecule has 0 atom stereocenters. The van der Waals surface area contributed by atoms with E-state index in [0.29, 0.717) is 35.4 Å². The molecule has 0 aliphatic heterocycles. The number of methoxy groups -OCH3 is 1. The molecule has 2 N–H and O–H groups in total. The van der Waals surface area contributed by atoms with E-state index in [1.165, 1.54) is 7.11 Å². The van der Waals surface area contributed by atoms with Gasteiger partial charge in [-0.3, -0.25) is 19.3 Å². The zero-order valence-electron chi connectivity index (χ0n) is 23.3. The zero-order valence-corrected chi connectivity index (χ0v) is 23.3. The fourth-order valence-electron chi connectivity index (χ4n) is 4.33. The number of Topliss-reactive ketones (excluding diaryl/α,β-unsaturated/α-hetero) is 1. The van der Waals surface area contributed by atoms with E-state index in [1.54, 1.807) is 18.2 Å². The standard InChI is InChI=1S/C32H35N3O5/c1-32(2,3)35(19-22-11-7-5-8-12-22)20-27(36)24-15-16-28(40-21-23-13-9-6-10-14-23)30-25(24)17-26(34-30)31(38)33-18-29(37)39-4/h5-17,34H,18-21H2,1-4H3,(H,33,38). The van der Waals surface area contributed by atoms with Crippen LogP contribution in [0.5, 0.6) is 5.75 Å². The SMILES string of the molecule is COC(=O)CNC(=O)c1cc2c(C(=O)CN(Cc3ccccc3)C(C)(C)C)ccc(OCc3ccccc3)c2[nH]1. The summed E-state index contributed by atoms with van der Waals surface area (Å²) in [6, 6.07) is 24.9. The summed E-state index contributed by atoms with van der Waals surface area (Å²) in [6.07, 6.45) is 0. The normalized spacial score (nSPS) is 11.4. The van der Waals surface area contributed by atoms with Gasteiger partial charge in [0.1, 0.15) is 24.6 Å². The van der Waals surface area contributed by atoms with Crippen molar-refractivity contribution >= 4 is 28.6 Å². The van der Waals surface area contributed by atoms with Gasteiger partial charge < -0.3 is 19.8 Å². The molecule has 8 nitrogen and oxygen atoms in total. The maximum atomic E-state index is 13.8. The Kier molecular flexibility index (Phi) is 9.01. The number of nitrogens with one attached hydrogen (secondary N) is 2. The molecule has 4 rings (SSSR count). The first kappa shape index (κ1) is 28.6. The van der Waals surface area contributed by atoms with Crippen LogP contribution in [0.2, 0.25) is 0 Å². The Morgan fingerprint density at radius 2 is 1.55 bits per heavy atom. The summed E-state index contributed by atoms with van der Waals surface area (Å²) in [6.45, 7) is 7.10. The molecule has 0 spiro atoms. The van der Waals surface area contributed by atoms with E-state index in [9.17, 15) is 14.4 Å². The fourth-order valence-corrected chi connectivity index (χ4v) is 4.33. The number of carbonyl (C=O) groups excluding carboxylic acids is 3. The number of H-pyrrole nitrogens is 1. The molecule has 0 radical (unpaired) electrons. The largest absolute Gasteiger partial charge is 0.487 e. The van der Waals surface area contributed by atoms with Crippen molar-refractivity contribution in [3.63, 3.8) is 0 Å². The predicted octanol–water partition coefficient (Wildman–Crippen LogP) is 5.13. The van der Waals surface area contributed by atoms with Gasteiger partial charge in [-0.25, -0.2) is 0 Å². The number of aromatic amines is 1. The lowest BCUT2D eigenvalue weighted by molar-refractivity contribution is -0.139. The molecule has 208 valence electrons. The molecule has 8 heteroatoms. The monoisotopic (exact) mass is 541 g/mol. The minimum atomic E-state index is -0.562. The third-order valence-corrected chi connectivity index (χ3v) is 6.66. The van der Waals surface area contributed by atoms with Crippen LogP contribution in [0.15, 0.2) is 78.9 Å². The maximum absolute atomic E-state index is 13.8. The minimum absolute atomic E-state index is 0.0778. The van der Waals surface area contributed by atoms with E-state index < -0.39 is 11.9 Å². The summed E-state index contributed by atoms with van der Waals surface area (Å²) in [5.41, 5.74) is 3.07. The van der Waals surface area contributed by atoms with E-state index in [0.717, 1.165) is 11.1 Å². The van der Waals surface area contributed by atoms with Gasteiger partial charge >= 0.3 is 5.97 Å². The van der Waals surface area contributed by atoms with Crippen LogP contribution in [0.25, 0.3) is 10.9 Å². The highest BCUT2D eigenvalue weighted by molar-refractivity contribution is 6.12. The molecule has 1 amide bonds. The first-order valence-electron chi connectivity index (χ1n) is 13.2. The Hall–Kier alpha value is -4.43. The van der Waals surface area contributed by atoms with Gasteiger partial charge in [0.2, 0.25) is 0 Å². The van der Waals surface area contributed by atoms with Crippen molar-refractivity contribution in [1.29, 1.82) is 0 Å². The molecule has 0 bridgehead atoms. The van der Waals surface area contributed by atoms with Crippen molar-refractivity contribution < 1.29 is 23.9 Å². The van der Waals surface area contributed by atoms with Gasteiger partial charge in [-0.1, -0.05) is 60.7 Å². The Bertz CT molecular complexity index is 1470. The molecule has 1 heterocycles. The number of amides is 1. The number of hydrogen-bond acceptors (Lipinski definition) is 6. The number of hydrogen-bond donors (Lipinski definition) is 2. The fraction of sp³-hybridized carbons (Fsp3) is 0.281. The van der Waals surface area contributed by atoms with Gasteiger partial charge in [-0.05, 0) is 50.1 Å². The Balaban J connectivity index is 1.65. The molecule has 0 aliphatic rings. The summed E-state index contributed by atoms with van der Waals surface area (Å²) in [5.74, 6) is -0.618. The van der Waals surface area contributed by atoms with E-state index in [2.05, 4.69) is 40.7 Å². The first-order chi connectivity index (χ1) is 19.2. The molecule has 0 saturated heterocycles. The second-order valence-electron chi connectivity index (χ2n) is 10.6. The Morgan fingerprint density at radius 1 is 0.900 bits per heavy atom. The molecule has 0 aliphatic carbocycles. The smallest absolute Gasteiger partial charge is 0.325 e. The summed E-state index contributed by atoms with van der Waals surface area (Å²) in [5, 5.41) is 3.11. The molecule has 4 aromatic rings. The summed E-state index contributed by atoms with van der Waals surface area (Å²) in [7, 11) is 1.25. The van der Waals surface area contributed by atoms with Crippen LogP contribution in [-0.4, -0.2) is 53.3 Å². The van der Waals surface area contributed by atoms with Crippen molar-refractivity contribution in [1.82, 2.24) is 15.2 Å². The lowest BCUT2D eigenvalue weighted by Crippen LogP contribution is -2.43. The molecular formula is C32H35N3O5. The number of esters is 1.